The highest BCUT2D eigenvalue weighted by molar-refractivity contribution is 6.00. The molecule has 5 heteroatoms. The lowest BCUT2D eigenvalue weighted by atomic mass is 10.1. The van der Waals surface area contributed by atoms with Crippen molar-refractivity contribution in [1.29, 1.82) is 0 Å². The molecular weight excluding hydrogens is 292 g/mol. The number of carbonyl (C=O) groups excluding carboxylic acids is 2. The second kappa shape index (κ2) is 7.13. The van der Waals surface area contributed by atoms with E-state index in [1.54, 1.807) is 4.90 Å². The number of likely N-dealkylation sites (tertiary alicyclic amines) is 1. The van der Waals surface area contributed by atoms with Gasteiger partial charge in [0.1, 0.15) is 0 Å². The first-order valence-corrected chi connectivity index (χ1v) is 8.37. The molecule has 23 heavy (non-hydrogen) atoms. The minimum Gasteiger partial charge on any atom is -0.469 e. The number of rotatable bonds is 4. The van der Waals surface area contributed by atoms with Gasteiger partial charge in [0.05, 0.1) is 13.0 Å². The van der Waals surface area contributed by atoms with Crippen molar-refractivity contribution in [2.45, 2.75) is 32.2 Å². The molecule has 3 rings (SSSR count). The van der Waals surface area contributed by atoms with E-state index in [0.29, 0.717) is 6.54 Å². The molecular formula is C18H24N2O3. The van der Waals surface area contributed by atoms with Crippen LogP contribution in [0.4, 0.5) is 5.69 Å². The third-order valence-corrected chi connectivity index (χ3v) is 4.78. The molecule has 0 spiro atoms. The molecule has 1 amide bonds. The fraction of sp³-hybridized carbons (Fsp3) is 0.556. The first kappa shape index (κ1) is 16.0. The molecule has 1 aromatic rings. The van der Waals surface area contributed by atoms with E-state index in [1.807, 2.05) is 18.2 Å². The molecule has 2 aliphatic heterocycles. The van der Waals surface area contributed by atoms with E-state index in [2.05, 4.69) is 11.0 Å². The zero-order chi connectivity index (χ0) is 16.2. The Kier molecular flexibility index (Phi) is 4.96. The van der Waals surface area contributed by atoms with Crippen molar-refractivity contribution < 1.29 is 14.3 Å². The van der Waals surface area contributed by atoms with Gasteiger partial charge >= 0.3 is 5.97 Å². The highest BCUT2D eigenvalue weighted by Gasteiger charge is 2.36. The standard InChI is InChI=1S/C18H24N2O3/c1-23-18(22)15-11-17(21)20(13-15)16-8-4-3-7-14(16)12-19-9-5-2-6-10-19/h3-4,7-8,15H,2,5-6,9-13H2,1H3. The van der Waals surface area contributed by atoms with E-state index in [0.717, 1.165) is 30.9 Å². The topological polar surface area (TPSA) is 49.9 Å². The molecule has 0 bridgehead atoms. The quantitative estimate of drug-likeness (QED) is 0.799. The molecule has 2 fully saturated rings. The highest BCUT2D eigenvalue weighted by Crippen LogP contribution is 2.30. The van der Waals surface area contributed by atoms with E-state index in [1.165, 1.54) is 26.4 Å². The normalized spacial score (nSPS) is 22.4. The Hall–Kier alpha value is -1.88. The van der Waals surface area contributed by atoms with Crippen LogP contribution in [0.1, 0.15) is 31.2 Å². The van der Waals surface area contributed by atoms with Gasteiger partial charge in [-0.15, -0.1) is 0 Å². The first-order chi connectivity index (χ1) is 11.2. The lowest BCUT2D eigenvalue weighted by Crippen LogP contribution is -2.31. The Balaban J connectivity index is 1.77. The molecule has 124 valence electrons. The summed E-state index contributed by atoms with van der Waals surface area (Å²) in [5.41, 5.74) is 2.10. The third kappa shape index (κ3) is 3.55. The third-order valence-electron chi connectivity index (χ3n) is 4.78. The summed E-state index contributed by atoms with van der Waals surface area (Å²) in [4.78, 5) is 28.3. The Bertz CT molecular complexity index is 581. The van der Waals surface area contributed by atoms with Gasteiger partial charge in [-0.25, -0.2) is 0 Å². The van der Waals surface area contributed by atoms with Crippen molar-refractivity contribution in [3.8, 4) is 0 Å². The number of esters is 1. The zero-order valence-corrected chi connectivity index (χ0v) is 13.7. The van der Waals surface area contributed by atoms with Crippen LogP contribution in [0.15, 0.2) is 24.3 Å². The van der Waals surface area contributed by atoms with Crippen LogP contribution in [0.25, 0.3) is 0 Å². The van der Waals surface area contributed by atoms with Gasteiger partial charge in [-0.05, 0) is 37.6 Å². The Labute approximate surface area is 137 Å². The van der Waals surface area contributed by atoms with E-state index >= 15 is 0 Å². The molecule has 1 unspecified atom stereocenters. The molecule has 0 saturated carbocycles. The number of benzene rings is 1. The number of para-hydroxylation sites is 1. The van der Waals surface area contributed by atoms with Crippen molar-refractivity contribution in [3.05, 3.63) is 29.8 Å². The Morgan fingerprint density at radius 3 is 2.70 bits per heavy atom. The largest absolute Gasteiger partial charge is 0.469 e. The van der Waals surface area contributed by atoms with Gasteiger partial charge < -0.3 is 9.64 Å². The molecule has 2 heterocycles. The van der Waals surface area contributed by atoms with E-state index < -0.39 is 0 Å². The number of carbonyl (C=O) groups is 2. The van der Waals surface area contributed by atoms with Crippen LogP contribution in [0.2, 0.25) is 0 Å². The fourth-order valence-electron chi connectivity index (χ4n) is 3.53. The van der Waals surface area contributed by atoms with Gasteiger partial charge in [-0.2, -0.15) is 0 Å². The van der Waals surface area contributed by atoms with Crippen molar-refractivity contribution in [3.63, 3.8) is 0 Å². The van der Waals surface area contributed by atoms with E-state index in [9.17, 15) is 9.59 Å². The van der Waals surface area contributed by atoms with Crippen molar-refractivity contribution in [2.75, 3.05) is 31.6 Å². The van der Waals surface area contributed by atoms with Crippen LogP contribution >= 0.6 is 0 Å². The summed E-state index contributed by atoms with van der Waals surface area (Å²) in [5, 5.41) is 0. The number of ether oxygens (including phenoxy) is 1. The summed E-state index contributed by atoms with van der Waals surface area (Å²) < 4.78 is 4.79. The minimum atomic E-state index is -0.351. The fourth-order valence-corrected chi connectivity index (χ4v) is 3.53. The molecule has 0 aromatic heterocycles. The molecule has 2 aliphatic rings. The van der Waals surface area contributed by atoms with Gasteiger partial charge in [0, 0.05) is 25.2 Å². The summed E-state index contributed by atoms with van der Waals surface area (Å²) in [6.07, 6.45) is 4.04. The van der Waals surface area contributed by atoms with Crippen molar-refractivity contribution in [2.24, 2.45) is 5.92 Å². The Morgan fingerprint density at radius 2 is 1.96 bits per heavy atom. The maximum atomic E-state index is 12.4. The summed E-state index contributed by atoms with van der Waals surface area (Å²) in [7, 11) is 1.37. The van der Waals surface area contributed by atoms with Gasteiger partial charge in [0.15, 0.2) is 0 Å². The zero-order valence-electron chi connectivity index (χ0n) is 13.7. The SMILES string of the molecule is COC(=O)C1CC(=O)N(c2ccccc2CN2CCCCC2)C1. The maximum absolute atomic E-state index is 12.4. The number of methoxy groups -OCH3 is 1. The lowest BCUT2D eigenvalue weighted by molar-refractivity contribution is -0.145. The van der Waals surface area contributed by atoms with E-state index in [4.69, 9.17) is 4.74 Å². The molecule has 0 N–H and O–H groups in total. The average Bonchev–Trinajstić information content (AvgIpc) is 2.97. The Morgan fingerprint density at radius 1 is 1.22 bits per heavy atom. The van der Waals surface area contributed by atoms with Crippen LogP contribution < -0.4 is 4.90 Å². The van der Waals surface area contributed by atoms with Crippen molar-refractivity contribution in [1.82, 2.24) is 4.90 Å². The number of nitrogens with zero attached hydrogens (tertiary/aromatic N) is 2. The van der Waals surface area contributed by atoms with E-state index in [-0.39, 0.29) is 24.2 Å². The van der Waals surface area contributed by atoms with Gasteiger partial charge in [0.2, 0.25) is 5.91 Å². The summed E-state index contributed by atoms with van der Waals surface area (Å²) >= 11 is 0. The van der Waals surface area contributed by atoms with Crippen LogP contribution in [0, 0.1) is 5.92 Å². The number of anilines is 1. The van der Waals surface area contributed by atoms with Crippen LogP contribution in [0.5, 0.6) is 0 Å². The smallest absolute Gasteiger partial charge is 0.311 e. The van der Waals surface area contributed by atoms with Crippen LogP contribution in [0.3, 0.4) is 0 Å². The summed E-state index contributed by atoms with van der Waals surface area (Å²) in [5.74, 6) is -0.642. The van der Waals surface area contributed by atoms with Gasteiger partial charge in [-0.3, -0.25) is 14.5 Å². The molecule has 0 aliphatic carbocycles. The number of hydrogen-bond acceptors (Lipinski definition) is 4. The van der Waals surface area contributed by atoms with Crippen molar-refractivity contribution >= 4 is 17.6 Å². The molecule has 0 radical (unpaired) electrons. The highest BCUT2D eigenvalue weighted by atomic mass is 16.5. The summed E-state index contributed by atoms with van der Waals surface area (Å²) in [6, 6.07) is 8.04. The number of amides is 1. The second-order valence-corrected chi connectivity index (χ2v) is 6.39. The molecule has 2 saturated heterocycles. The number of hydrogen-bond donors (Lipinski definition) is 0. The van der Waals surface area contributed by atoms with Crippen LogP contribution in [-0.2, 0) is 20.9 Å². The van der Waals surface area contributed by atoms with Crippen LogP contribution in [-0.4, -0.2) is 43.5 Å². The first-order valence-electron chi connectivity index (χ1n) is 8.37. The predicted molar refractivity (Wildman–Crippen MR) is 88.0 cm³/mol. The molecule has 5 nitrogen and oxygen atoms in total. The molecule has 1 atom stereocenters. The molecule has 1 aromatic carbocycles. The maximum Gasteiger partial charge on any atom is 0.311 e. The number of piperidine rings is 1. The average molecular weight is 316 g/mol. The lowest BCUT2D eigenvalue weighted by Gasteiger charge is -2.28. The monoisotopic (exact) mass is 316 g/mol. The predicted octanol–water partition coefficient (Wildman–Crippen LogP) is 2.20. The summed E-state index contributed by atoms with van der Waals surface area (Å²) in [6.45, 7) is 3.52. The second-order valence-electron chi connectivity index (χ2n) is 6.39. The van der Waals surface area contributed by atoms with Gasteiger partial charge in [-0.1, -0.05) is 24.6 Å². The van der Waals surface area contributed by atoms with Gasteiger partial charge in [0.25, 0.3) is 0 Å². The minimum absolute atomic E-state index is 0.00601.